The van der Waals surface area contributed by atoms with Crippen LogP contribution in [0.4, 0.5) is 0 Å². The maximum atomic E-state index is 4.70. The normalized spacial score (nSPS) is 23.2. The molecule has 3 rings (SSSR count). The van der Waals surface area contributed by atoms with Crippen molar-refractivity contribution in [2.75, 3.05) is 13.1 Å². The number of aryl methyl sites for hydroxylation is 1. The third kappa shape index (κ3) is 1.18. The summed E-state index contributed by atoms with van der Waals surface area (Å²) in [5.41, 5.74) is 2.59. The molecule has 1 aliphatic carbocycles. The summed E-state index contributed by atoms with van der Waals surface area (Å²) in [6.45, 7) is 4.36. The number of aromatic amines is 1. The van der Waals surface area contributed by atoms with Gasteiger partial charge >= 0.3 is 0 Å². The minimum Gasteiger partial charge on any atom is -0.346 e. The van der Waals surface area contributed by atoms with Crippen LogP contribution >= 0.6 is 0 Å². The lowest BCUT2D eigenvalue weighted by atomic mass is 9.98. The molecule has 0 amide bonds. The first-order valence-electron chi connectivity index (χ1n) is 5.11. The molecule has 70 valence electrons. The summed E-state index contributed by atoms with van der Waals surface area (Å²) in [6.07, 6.45) is 2.66. The predicted molar refractivity (Wildman–Crippen MR) is 50.9 cm³/mol. The number of hydrogen-bond acceptors (Lipinski definition) is 2. The smallest absolute Gasteiger partial charge is 0.109 e. The third-order valence-electron chi connectivity index (χ3n) is 3.07. The first-order valence-corrected chi connectivity index (χ1v) is 5.11. The van der Waals surface area contributed by atoms with Crippen molar-refractivity contribution >= 4 is 0 Å². The van der Waals surface area contributed by atoms with E-state index in [9.17, 15) is 0 Å². The molecule has 13 heavy (non-hydrogen) atoms. The van der Waals surface area contributed by atoms with Gasteiger partial charge in [-0.1, -0.05) is 0 Å². The van der Waals surface area contributed by atoms with E-state index in [0.717, 1.165) is 19.0 Å². The van der Waals surface area contributed by atoms with Gasteiger partial charge in [-0.15, -0.1) is 0 Å². The Balaban J connectivity index is 1.90. The zero-order chi connectivity index (χ0) is 8.84. The fraction of sp³-hybridized carbons (Fsp3) is 0.700. The zero-order valence-electron chi connectivity index (χ0n) is 7.93. The van der Waals surface area contributed by atoms with Crippen LogP contribution in [0.5, 0.6) is 0 Å². The van der Waals surface area contributed by atoms with Gasteiger partial charge in [-0.25, -0.2) is 4.98 Å². The van der Waals surface area contributed by atoms with Gasteiger partial charge in [0.15, 0.2) is 0 Å². The Morgan fingerprint density at radius 3 is 2.54 bits per heavy atom. The molecule has 1 aromatic rings. The van der Waals surface area contributed by atoms with E-state index in [1.807, 2.05) is 0 Å². The molecule has 0 atom stereocenters. The van der Waals surface area contributed by atoms with E-state index >= 15 is 0 Å². The molecule has 2 aliphatic rings. The van der Waals surface area contributed by atoms with E-state index in [4.69, 9.17) is 4.98 Å². The summed E-state index contributed by atoms with van der Waals surface area (Å²) in [5.74, 6) is 2.66. The summed E-state index contributed by atoms with van der Waals surface area (Å²) < 4.78 is 0. The third-order valence-corrected chi connectivity index (χ3v) is 3.07. The molecular formula is C10H15N3. The van der Waals surface area contributed by atoms with Gasteiger partial charge in [0.1, 0.15) is 5.82 Å². The topological polar surface area (TPSA) is 40.7 Å². The van der Waals surface area contributed by atoms with Crippen molar-refractivity contribution in [1.29, 1.82) is 0 Å². The molecule has 0 spiro atoms. The van der Waals surface area contributed by atoms with Gasteiger partial charge in [-0.2, -0.15) is 0 Å². The van der Waals surface area contributed by atoms with Crippen molar-refractivity contribution in [1.82, 2.24) is 15.3 Å². The van der Waals surface area contributed by atoms with Crippen LogP contribution in [-0.4, -0.2) is 23.1 Å². The fourth-order valence-electron chi connectivity index (χ4n) is 1.93. The van der Waals surface area contributed by atoms with E-state index in [1.165, 1.54) is 30.1 Å². The van der Waals surface area contributed by atoms with Gasteiger partial charge in [-0.05, 0) is 19.8 Å². The predicted octanol–water partition coefficient (Wildman–Crippen LogP) is 1.28. The monoisotopic (exact) mass is 177 g/mol. The molecule has 2 N–H and O–H groups in total. The Hall–Kier alpha value is -0.830. The van der Waals surface area contributed by atoms with E-state index in [-0.39, 0.29) is 0 Å². The molecule has 2 fully saturated rings. The van der Waals surface area contributed by atoms with Crippen molar-refractivity contribution < 1.29 is 0 Å². The highest BCUT2D eigenvalue weighted by atomic mass is 15.0. The van der Waals surface area contributed by atoms with Crippen LogP contribution in [0, 0.1) is 6.92 Å². The van der Waals surface area contributed by atoms with E-state index in [1.54, 1.807) is 0 Å². The summed E-state index contributed by atoms with van der Waals surface area (Å²) >= 11 is 0. The van der Waals surface area contributed by atoms with E-state index < -0.39 is 0 Å². The molecule has 1 saturated heterocycles. The molecule has 0 aromatic carbocycles. The van der Waals surface area contributed by atoms with Crippen molar-refractivity contribution in [3.05, 3.63) is 17.2 Å². The molecule has 1 saturated carbocycles. The first kappa shape index (κ1) is 7.56. The standard InChI is InChI=1S/C10H15N3/c1-6-9(8-4-11-5-8)13-10(12-6)7-2-3-7/h7-8,11H,2-5H2,1H3,(H,12,13). The van der Waals surface area contributed by atoms with Crippen LogP contribution in [0.3, 0.4) is 0 Å². The zero-order valence-corrected chi connectivity index (χ0v) is 7.93. The number of imidazole rings is 1. The Kier molecular flexibility index (Phi) is 1.50. The Labute approximate surface area is 78.0 Å². The van der Waals surface area contributed by atoms with Gasteiger partial charge in [-0.3, -0.25) is 0 Å². The molecule has 3 nitrogen and oxygen atoms in total. The van der Waals surface area contributed by atoms with E-state index in [0.29, 0.717) is 5.92 Å². The van der Waals surface area contributed by atoms with Crippen molar-refractivity contribution in [3.8, 4) is 0 Å². The van der Waals surface area contributed by atoms with Crippen LogP contribution in [0.15, 0.2) is 0 Å². The number of hydrogen-bond donors (Lipinski definition) is 2. The second-order valence-electron chi connectivity index (χ2n) is 4.26. The van der Waals surface area contributed by atoms with Crippen LogP contribution < -0.4 is 5.32 Å². The molecule has 1 aliphatic heterocycles. The second kappa shape index (κ2) is 2.58. The first-order chi connectivity index (χ1) is 6.34. The highest BCUT2D eigenvalue weighted by Crippen LogP contribution is 2.39. The molecule has 0 bridgehead atoms. The molecule has 0 unspecified atom stereocenters. The van der Waals surface area contributed by atoms with Gasteiger partial charge in [0.2, 0.25) is 0 Å². The van der Waals surface area contributed by atoms with Gasteiger partial charge in [0, 0.05) is 30.6 Å². The van der Waals surface area contributed by atoms with Gasteiger partial charge in [0.05, 0.1) is 5.69 Å². The minimum absolute atomic E-state index is 0.670. The SMILES string of the molecule is Cc1[nH]c(C2CC2)nc1C1CNC1. The van der Waals surface area contributed by atoms with Crippen LogP contribution in [-0.2, 0) is 0 Å². The number of H-pyrrole nitrogens is 1. The maximum absolute atomic E-state index is 4.70. The lowest BCUT2D eigenvalue weighted by molar-refractivity contribution is 0.439. The lowest BCUT2D eigenvalue weighted by Crippen LogP contribution is -2.40. The van der Waals surface area contributed by atoms with Crippen molar-refractivity contribution in [3.63, 3.8) is 0 Å². The number of nitrogens with zero attached hydrogens (tertiary/aromatic N) is 1. The van der Waals surface area contributed by atoms with Crippen LogP contribution in [0.1, 0.15) is 41.9 Å². The number of rotatable bonds is 2. The van der Waals surface area contributed by atoms with Crippen LogP contribution in [0.2, 0.25) is 0 Å². The summed E-state index contributed by atoms with van der Waals surface area (Å²) in [5, 5.41) is 3.29. The highest BCUT2D eigenvalue weighted by Gasteiger charge is 2.30. The highest BCUT2D eigenvalue weighted by molar-refractivity contribution is 5.23. The van der Waals surface area contributed by atoms with Crippen molar-refractivity contribution in [2.24, 2.45) is 0 Å². The molecule has 0 radical (unpaired) electrons. The fourth-order valence-corrected chi connectivity index (χ4v) is 1.93. The summed E-state index contributed by atoms with van der Waals surface area (Å²) in [6, 6.07) is 0. The average molecular weight is 177 g/mol. The lowest BCUT2D eigenvalue weighted by Gasteiger charge is -2.25. The number of aromatic nitrogens is 2. The Bertz CT molecular complexity index is 321. The minimum atomic E-state index is 0.670. The Morgan fingerprint density at radius 1 is 1.23 bits per heavy atom. The average Bonchev–Trinajstić information content (AvgIpc) is 2.76. The second-order valence-corrected chi connectivity index (χ2v) is 4.26. The summed E-state index contributed by atoms with van der Waals surface area (Å²) in [7, 11) is 0. The quantitative estimate of drug-likeness (QED) is 0.714. The van der Waals surface area contributed by atoms with Crippen molar-refractivity contribution in [2.45, 2.75) is 31.6 Å². The molecule has 1 aromatic heterocycles. The summed E-state index contributed by atoms with van der Waals surface area (Å²) in [4.78, 5) is 8.12. The largest absolute Gasteiger partial charge is 0.346 e. The molecule has 2 heterocycles. The van der Waals surface area contributed by atoms with Gasteiger partial charge in [0.25, 0.3) is 0 Å². The molecule has 3 heteroatoms. The van der Waals surface area contributed by atoms with E-state index in [2.05, 4.69) is 17.2 Å². The van der Waals surface area contributed by atoms with Gasteiger partial charge < -0.3 is 10.3 Å². The molecular weight excluding hydrogens is 162 g/mol. The van der Waals surface area contributed by atoms with Crippen LogP contribution in [0.25, 0.3) is 0 Å². The number of nitrogens with one attached hydrogen (secondary N) is 2. The Morgan fingerprint density at radius 2 is 2.00 bits per heavy atom. The maximum Gasteiger partial charge on any atom is 0.109 e.